The molecule has 4 rings (SSSR count). The van der Waals surface area contributed by atoms with Gasteiger partial charge in [0.15, 0.2) is 6.10 Å². The molecule has 0 aliphatic carbocycles. The molecule has 1 atom stereocenters. The second-order valence-corrected chi connectivity index (χ2v) is 9.51. The number of rotatable bonds is 4. The Morgan fingerprint density at radius 1 is 1.03 bits per heavy atom. The molecular formula is C25H28N2O5. The van der Waals surface area contributed by atoms with E-state index in [9.17, 15) is 19.5 Å². The Bertz CT molecular complexity index is 1140. The summed E-state index contributed by atoms with van der Waals surface area (Å²) < 4.78 is 6.03. The summed E-state index contributed by atoms with van der Waals surface area (Å²) in [6.07, 6.45) is -1.31. The molecule has 0 saturated heterocycles. The summed E-state index contributed by atoms with van der Waals surface area (Å²) in [5.74, 6) is -2.31. The summed E-state index contributed by atoms with van der Waals surface area (Å²) in [7, 11) is 1.89. The van der Waals surface area contributed by atoms with Crippen LogP contribution < -0.4 is 9.80 Å². The number of aryl methyl sites for hydroxylation is 1. The van der Waals surface area contributed by atoms with Crippen molar-refractivity contribution in [3.05, 3.63) is 46.5 Å². The number of ether oxygens (including phenoxy) is 1. The molecule has 0 saturated carbocycles. The number of carbonyl (C=O) groups excluding carboxylic acids is 2. The van der Waals surface area contributed by atoms with Gasteiger partial charge >= 0.3 is 5.97 Å². The van der Waals surface area contributed by atoms with Gasteiger partial charge in [0.1, 0.15) is 0 Å². The molecule has 0 bridgehead atoms. The molecule has 2 heterocycles. The number of aliphatic carboxylic acids is 1. The van der Waals surface area contributed by atoms with Crippen LogP contribution >= 0.6 is 0 Å². The number of nitrogens with zero attached hydrogens (tertiary/aromatic N) is 2. The first kappa shape index (κ1) is 22.0. The minimum absolute atomic E-state index is 0.268. The van der Waals surface area contributed by atoms with Gasteiger partial charge in [-0.2, -0.15) is 0 Å². The summed E-state index contributed by atoms with van der Waals surface area (Å²) in [6, 6.07) is 7.54. The van der Waals surface area contributed by atoms with E-state index >= 15 is 0 Å². The van der Waals surface area contributed by atoms with Crippen molar-refractivity contribution >= 4 is 29.0 Å². The molecule has 0 aromatic heterocycles. The molecule has 0 radical (unpaired) electrons. The van der Waals surface area contributed by atoms with E-state index < -0.39 is 29.4 Å². The molecule has 2 aliphatic heterocycles. The molecule has 1 N–H and O–H groups in total. The maximum Gasteiger partial charge on any atom is 0.337 e. The summed E-state index contributed by atoms with van der Waals surface area (Å²) in [5, 5.41) is 10.2. The Labute approximate surface area is 187 Å². The zero-order valence-corrected chi connectivity index (χ0v) is 19.3. The Hall–Kier alpha value is -3.19. The normalized spacial score (nSPS) is 16.4. The predicted molar refractivity (Wildman–Crippen MR) is 123 cm³/mol. The standard InChI is InChI=1S/C25H28N2O5/c1-13-7-9-15(10-8-13)17-16(22(24(30)31)32-25(3,4)5)14(2)19-20-18(17)21(28)23(29)27(20)12-11-26(19)6/h7-10,22H,11-12H2,1-6H3,(H,30,31)/t22-/m0/s1. The molecule has 2 aliphatic rings. The monoisotopic (exact) mass is 436 g/mol. The van der Waals surface area contributed by atoms with Crippen LogP contribution in [0.1, 0.15) is 53.9 Å². The molecular weight excluding hydrogens is 408 g/mol. The van der Waals surface area contributed by atoms with Crippen molar-refractivity contribution in [3.8, 4) is 11.1 Å². The van der Waals surface area contributed by atoms with E-state index in [1.165, 1.54) is 4.90 Å². The highest BCUT2D eigenvalue weighted by Gasteiger charge is 2.46. The third-order valence-corrected chi connectivity index (χ3v) is 6.01. The molecule has 0 unspecified atom stereocenters. The number of carbonyl (C=O) groups is 3. The summed E-state index contributed by atoms with van der Waals surface area (Å²) in [5.41, 5.74) is 4.11. The zero-order valence-electron chi connectivity index (χ0n) is 19.3. The first-order chi connectivity index (χ1) is 14.9. The van der Waals surface area contributed by atoms with Crippen molar-refractivity contribution in [3.63, 3.8) is 0 Å². The van der Waals surface area contributed by atoms with Crippen LogP contribution in [0.4, 0.5) is 11.4 Å². The summed E-state index contributed by atoms with van der Waals surface area (Å²) in [4.78, 5) is 42.1. The Kier molecular flexibility index (Phi) is 5.12. The smallest absolute Gasteiger partial charge is 0.337 e. The average molecular weight is 437 g/mol. The van der Waals surface area contributed by atoms with E-state index in [2.05, 4.69) is 0 Å². The molecule has 2 aromatic carbocycles. The number of anilines is 2. The Morgan fingerprint density at radius 2 is 1.66 bits per heavy atom. The van der Waals surface area contributed by atoms with Gasteiger partial charge in [-0.3, -0.25) is 9.59 Å². The van der Waals surface area contributed by atoms with Gasteiger partial charge in [-0.25, -0.2) is 4.79 Å². The van der Waals surface area contributed by atoms with Crippen LogP contribution in [0, 0.1) is 13.8 Å². The number of carboxylic acids is 1. The van der Waals surface area contributed by atoms with Crippen molar-refractivity contribution in [2.45, 2.75) is 46.3 Å². The van der Waals surface area contributed by atoms with Crippen LogP contribution in [0.15, 0.2) is 24.3 Å². The number of hydrogen-bond donors (Lipinski definition) is 1. The molecule has 2 aromatic rings. The Balaban J connectivity index is 2.15. The van der Waals surface area contributed by atoms with E-state index in [-0.39, 0.29) is 5.56 Å². The van der Waals surface area contributed by atoms with Crippen LogP contribution in [-0.2, 0) is 14.3 Å². The van der Waals surface area contributed by atoms with Gasteiger partial charge in [-0.15, -0.1) is 0 Å². The molecule has 7 nitrogen and oxygen atoms in total. The molecule has 1 amide bonds. The third-order valence-electron chi connectivity index (χ3n) is 6.01. The van der Waals surface area contributed by atoms with Crippen LogP contribution in [-0.4, -0.2) is 48.5 Å². The van der Waals surface area contributed by atoms with Gasteiger partial charge in [0.2, 0.25) is 0 Å². The number of carboxylic acid groups (broad SMARTS) is 1. The predicted octanol–water partition coefficient (Wildman–Crippen LogP) is 3.89. The fourth-order valence-electron chi connectivity index (χ4n) is 4.66. The van der Waals surface area contributed by atoms with Crippen molar-refractivity contribution in [1.29, 1.82) is 0 Å². The van der Waals surface area contributed by atoms with E-state index in [4.69, 9.17) is 4.74 Å². The number of amides is 1. The first-order valence-electron chi connectivity index (χ1n) is 10.7. The summed E-state index contributed by atoms with van der Waals surface area (Å²) in [6.45, 7) is 10.1. The quantitative estimate of drug-likeness (QED) is 0.732. The number of ketones is 1. The fraction of sp³-hybridized carbons (Fsp3) is 0.400. The average Bonchev–Trinajstić information content (AvgIpc) is 2.95. The largest absolute Gasteiger partial charge is 0.479 e. The number of likely N-dealkylation sites (N-methyl/N-ethyl adjacent to an activating group) is 1. The van der Waals surface area contributed by atoms with E-state index in [0.29, 0.717) is 46.7 Å². The number of benzene rings is 2. The van der Waals surface area contributed by atoms with Crippen LogP contribution in [0.5, 0.6) is 0 Å². The molecule has 0 spiro atoms. The fourth-order valence-corrected chi connectivity index (χ4v) is 4.66. The van der Waals surface area contributed by atoms with Crippen LogP contribution in [0.3, 0.4) is 0 Å². The van der Waals surface area contributed by atoms with E-state index in [1.54, 1.807) is 20.8 Å². The van der Waals surface area contributed by atoms with Crippen LogP contribution in [0.25, 0.3) is 11.1 Å². The molecule has 32 heavy (non-hydrogen) atoms. The lowest BCUT2D eigenvalue weighted by Gasteiger charge is -2.37. The minimum Gasteiger partial charge on any atom is -0.479 e. The van der Waals surface area contributed by atoms with Crippen molar-refractivity contribution in [1.82, 2.24) is 0 Å². The van der Waals surface area contributed by atoms with E-state index in [1.807, 2.05) is 50.1 Å². The lowest BCUT2D eigenvalue weighted by atomic mass is 9.84. The highest BCUT2D eigenvalue weighted by Crippen LogP contribution is 2.51. The van der Waals surface area contributed by atoms with Gasteiger partial charge in [-0.05, 0) is 45.7 Å². The number of Topliss-reactive ketones (excluding diaryl/α,β-unsaturated/α-hetero) is 1. The maximum absolute atomic E-state index is 13.3. The first-order valence-corrected chi connectivity index (χ1v) is 10.7. The van der Waals surface area contributed by atoms with Gasteiger partial charge in [-0.1, -0.05) is 29.8 Å². The van der Waals surface area contributed by atoms with Gasteiger partial charge < -0.3 is 19.6 Å². The number of hydrogen-bond acceptors (Lipinski definition) is 5. The third kappa shape index (κ3) is 3.37. The topological polar surface area (TPSA) is 87.2 Å². The zero-order chi connectivity index (χ0) is 23.5. The van der Waals surface area contributed by atoms with Gasteiger partial charge in [0, 0.05) is 31.3 Å². The Morgan fingerprint density at radius 3 is 2.22 bits per heavy atom. The SMILES string of the molecule is Cc1ccc(-c2c3c4c(c(C)c2[C@H](OC(C)(C)C)C(=O)O)N(C)CCN4C(=O)C3=O)cc1. The van der Waals surface area contributed by atoms with Gasteiger partial charge in [0.05, 0.1) is 22.5 Å². The second kappa shape index (κ2) is 7.45. The van der Waals surface area contributed by atoms with Gasteiger partial charge in [0.25, 0.3) is 11.7 Å². The highest BCUT2D eigenvalue weighted by atomic mass is 16.5. The highest BCUT2D eigenvalue weighted by molar-refractivity contribution is 6.54. The lowest BCUT2D eigenvalue weighted by molar-refractivity contribution is -0.160. The van der Waals surface area contributed by atoms with Crippen molar-refractivity contribution < 1.29 is 24.2 Å². The lowest BCUT2D eigenvalue weighted by Crippen LogP contribution is -2.41. The molecule has 7 heteroatoms. The second-order valence-electron chi connectivity index (χ2n) is 9.51. The molecule has 0 fully saturated rings. The van der Waals surface area contributed by atoms with Crippen molar-refractivity contribution in [2.75, 3.05) is 29.9 Å². The van der Waals surface area contributed by atoms with Crippen molar-refractivity contribution in [2.24, 2.45) is 0 Å². The van der Waals surface area contributed by atoms with E-state index in [0.717, 1.165) is 5.56 Å². The van der Waals surface area contributed by atoms with Crippen LogP contribution in [0.2, 0.25) is 0 Å². The minimum atomic E-state index is -1.31. The molecule has 168 valence electrons. The summed E-state index contributed by atoms with van der Waals surface area (Å²) >= 11 is 0. The maximum atomic E-state index is 13.3.